The van der Waals surface area contributed by atoms with Crippen molar-refractivity contribution in [1.29, 1.82) is 0 Å². The molecule has 0 spiro atoms. The predicted octanol–water partition coefficient (Wildman–Crippen LogP) is 2.29. The highest BCUT2D eigenvalue weighted by atomic mass is 16.2. The van der Waals surface area contributed by atoms with Crippen LogP contribution in [0.1, 0.15) is 58.8 Å². The Kier molecular flexibility index (Phi) is 2.16. The van der Waals surface area contributed by atoms with Gasteiger partial charge in [0.15, 0.2) is 0 Å². The van der Waals surface area contributed by atoms with Crippen LogP contribution in [0, 0.1) is 16.7 Å². The van der Waals surface area contributed by atoms with Gasteiger partial charge in [-0.05, 0) is 61.7 Å². The number of amides is 1. The first-order chi connectivity index (χ1) is 8.83. The van der Waals surface area contributed by atoms with Gasteiger partial charge in [-0.2, -0.15) is 0 Å². The highest BCUT2D eigenvalue weighted by Crippen LogP contribution is 2.67. The zero-order chi connectivity index (χ0) is 13.5. The van der Waals surface area contributed by atoms with E-state index in [0.717, 1.165) is 18.9 Å². The summed E-state index contributed by atoms with van der Waals surface area (Å²) in [6.45, 7) is 5.83. The number of carbonyl (C=O) groups excluding carboxylic acids is 1. The Balaban J connectivity index is 1.73. The maximum atomic E-state index is 12.4. The van der Waals surface area contributed by atoms with Crippen molar-refractivity contribution in [2.24, 2.45) is 22.5 Å². The van der Waals surface area contributed by atoms with E-state index in [-0.39, 0.29) is 17.5 Å². The second-order valence-corrected chi connectivity index (χ2v) is 8.74. The van der Waals surface area contributed by atoms with E-state index in [0.29, 0.717) is 10.8 Å². The minimum atomic E-state index is -0.228. The summed E-state index contributed by atoms with van der Waals surface area (Å²) in [5.74, 6) is 1.07. The van der Waals surface area contributed by atoms with Gasteiger partial charge >= 0.3 is 0 Å². The van der Waals surface area contributed by atoms with Crippen molar-refractivity contribution >= 4 is 5.91 Å². The molecule has 1 aliphatic heterocycles. The molecule has 4 aliphatic carbocycles. The molecule has 106 valence electrons. The highest BCUT2D eigenvalue weighted by molar-refractivity contribution is 5.84. The quantitative estimate of drug-likeness (QED) is 0.788. The summed E-state index contributed by atoms with van der Waals surface area (Å²) < 4.78 is 0. The van der Waals surface area contributed by atoms with E-state index >= 15 is 0 Å². The van der Waals surface area contributed by atoms with Gasteiger partial charge in [-0.3, -0.25) is 4.79 Å². The van der Waals surface area contributed by atoms with Gasteiger partial charge < -0.3 is 10.6 Å². The highest BCUT2D eigenvalue weighted by Gasteiger charge is 2.63. The topological polar surface area (TPSA) is 46.3 Å². The Labute approximate surface area is 115 Å². The second-order valence-electron chi connectivity index (χ2n) is 8.74. The smallest absolute Gasteiger partial charge is 0.240 e. The van der Waals surface area contributed by atoms with E-state index in [1.54, 1.807) is 0 Å². The van der Waals surface area contributed by atoms with Crippen LogP contribution in [0.3, 0.4) is 0 Å². The molecule has 3 heteroatoms. The summed E-state index contributed by atoms with van der Waals surface area (Å²) in [6.07, 6.45) is 8.70. The molecule has 3 atom stereocenters. The number of carbonyl (C=O) groups is 1. The summed E-state index contributed by atoms with van der Waals surface area (Å²) in [5.41, 5.74) is 7.07. The van der Waals surface area contributed by atoms with Crippen LogP contribution < -0.4 is 5.73 Å². The molecule has 3 nitrogen and oxygen atoms in total. The van der Waals surface area contributed by atoms with Gasteiger partial charge in [0.05, 0.1) is 6.04 Å². The van der Waals surface area contributed by atoms with Gasteiger partial charge in [0.2, 0.25) is 5.91 Å². The summed E-state index contributed by atoms with van der Waals surface area (Å²) in [5, 5.41) is 0. The molecular weight excluding hydrogens is 236 g/mol. The van der Waals surface area contributed by atoms with Crippen LogP contribution in [0.5, 0.6) is 0 Å². The zero-order valence-electron chi connectivity index (χ0n) is 12.2. The molecule has 1 heterocycles. The molecule has 4 bridgehead atoms. The minimum absolute atomic E-state index is 0.161. The van der Waals surface area contributed by atoms with Crippen molar-refractivity contribution in [3.8, 4) is 0 Å². The van der Waals surface area contributed by atoms with Crippen LogP contribution in [0.2, 0.25) is 0 Å². The Hall–Kier alpha value is -0.570. The predicted molar refractivity (Wildman–Crippen MR) is 74.4 cm³/mol. The van der Waals surface area contributed by atoms with Gasteiger partial charge in [0, 0.05) is 12.1 Å². The number of hydrogen-bond donors (Lipinski definition) is 1. The van der Waals surface area contributed by atoms with E-state index in [1.165, 1.54) is 38.5 Å². The molecule has 1 amide bonds. The average molecular weight is 262 g/mol. The fourth-order valence-corrected chi connectivity index (χ4v) is 6.86. The van der Waals surface area contributed by atoms with Gasteiger partial charge in [-0.15, -0.1) is 0 Å². The number of likely N-dealkylation sites (tertiary alicyclic amines) is 1. The fraction of sp³-hybridized carbons (Fsp3) is 0.938. The van der Waals surface area contributed by atoms with Crippen molar-refractivity contribution in [2.75, 3.05) is 6.54 Å². The third-order valence-electron chi connectivity index (χ3n) is 6.42. The van der Waals surface area contributed by atoms with Crippen LogP contribution in [0.4, 0.5) is 0 Å². The maximum Gasteiger partial charge on any atom is 0.240 e. The largest absolute Gasteiger partial charge is 0.336 e. The molecular formula is C16H26N2O. The molecule has 4 saturated carbocycles. The van der Waals surface area contributed by atoms with E-state index in [4.69, 9.17) is 5.73 Å². The van der Waals surface area contributed by atoms with Crippen LogP contribution in [0.25, 0.3) is 0 Å². The summed E-state index contributed by atoms with van der Waals surface area (Å²) in [7, 11) is 0. The number of rotatable bonds is 1. The number of hydrogen-bond acceptors (Lipinski definition) is 2. The first-order valence-electron chi connectivity index (χ1n) is 7.90. The summed E-state index contributed by atoms with van der Waals surface area (Å²) in [4.78, 5) is 14.6. The van der Waals surface area contributed by atoms with Crippen molar-refractivity contribution in [2.45, 2.75) is 70.4 Å². The molecule has 0 aromatic heterocycles. The molecule has 19 heavy (non-hydrogen) atoms. The SMILES string of the molecule is CC12CC3CC(C)(C1)CC(N1CCC(N)C1=O)(C3)C2. The molecule has 0 aromatic rings. The van der Waals surface area contributed by atoms with Crippen LogP contribution in [-0.2, 0) is 4.79 Å². The molecule has 5 rings (SSSR count). The first-order valence-corrected chi connectivity index (χ1v) is 7.90. The lowest BCUT2D eigenvalue weighted by molar-refractivity contribution is -0.170. The fourth-order valence-electron chi connectivity index (χ4n) is 6.86. The lowest BCUT2D eigenvalue weighted by Gasteiger charge is -2.67. The lowest BCUT2D eigenvalue weighted by atomic mass is 9.42. The van der Waals surface area contributed by atoms with Crippen LogP contribution in [-0.4, -0.2) is 28.9 Å². The Morgan fingerprint density at radius 1 is 1.11 bits per heavy atom. The van der Waals surface area contributed by atoms with Gasteiger partial charge in [-0.25, -0.2) is 0 Å². The average Bonchev–Trinajstić information content (AvgIpc) is 2.54. The number of nitrogens with two attached hydrogens (primary N) is 1. The van der Waals surface area contributed by atoms with E-state index in [9.17, 15) is 4.79 Å². The molecule has 0 radical (unpaired) electrons. The van der Waals surface area contributed by atoms with E-state index in [2.05, 4.69) is 18.7 Å². The number of nitrogens with zero attached hydrogens (tertiary/aromatic N) is 1. The van der Waals surface area contributed by atoms with E-state index < -0.39 is 0 Å². The van der Waals surface area contributed by atoms with Crippen molar-refractivity contribution in [3.63, 3.8) is 0 Å². The molecule has 5 aliphatic rings. The summed E-state index contributed by atoms with van der Waals surface area (Å²) in [6, 6.07) is -0.228. The third-order valence-corrected chi connectivity index (χ3v) is 6.42. The zero-order valence-corrected chi connectivity index (χ0v) is 12.2. The summed E-state index contributed by atoms with van der Waals surface area (Å²) >= 11 is 0. The monoisotopic (exact) mass is 262 g/mol. The molecule has 1 saturated heterocycles. The maximum absolute atomic E-state index is 12.4. The lowest BCUT2D eigenvalue weighted by Crippen LogP contribution is -2.65. The van der Waals surface area contributed by atoms with E-state index in [1.807, 2.05) is 0 Å². The van der Waals surface area contributed by atoms with Crippen molar-refractivity contribution in [1.82, 2.24) is 4.90 Å². The standard InChI is InChI=1S/C16H26N2O/c1-14-5-11-6-15(2,8-14)10-16(7-11,9-14)18-4-3-12(17)13(18)19/h11-12H,3-10,17H2,1-2H3. The minimum Gasteiger partial charge on any atom is -0.336 e. The molecule has 0 aromatic carbocycles. The normalized spacial score (nSPS) is 56.2. The Bertz CT molecular complexity index is 428. The first kappa shape index (κ1) is 12.2. The molecule has 5 fully saturated rings. The van der Waals surface area contributed by atoms with Crippen molar-refractivity contribution < 1.29 is 4.79 Å². The molecule has 2 N–H and O–H groups in total. The van der Waals surface area contributed by atoms with Crippen LogP contribution >= 0.6 is 0 Å². The Morgan fingerprint density at radius 3 is 2.21 bits per heavy atom. The third kappa shape index (κ3) is 1.57. The van der Waals surface area contributed by atoms with Gasteiger partial charge in [-0.1, -0.05) is 13.8 Å². The Morgan fingerprint density at radius 2 is 1.74 bits per heavy atom. The van der Waals surface area contributed by atoms with Crippen molar-refractivity contribution in [3.05, 3.63) is 0 Å². The second kappa shape index (κ2) is 3.36. The molecule has 3 unspecified atom stereocenters. The van der Waals surface area contributed by atoms with Crippen LogP contribution in [0.15, 0.2) is 0 Å². The van der Waals surface area contributed by atoms with Gasteiger partial charge in [0.25, 0.3) is 0 Å². The van der Waals surface area contributed by atoms with Gasteiger partial charge in [0.1, 0.15) is 0 Å².